The van der Waals surface area contributed by atoms with Crippen LogP contribution in [0.3, 0.4) is 0 Å². The lowest BCUT2D eigenvalue weighted by Crippen LogP contribution is -2.00. The van der Waals surface area contributed by atoms with Gasteiger partial charge in [0.2, 0.25) is 0 Å². The fraction of sp³-hybridized carbons (Fsp3) is 0. The van der Waals surface area contributed by atoms with E-state index in [9.17, 15) is 91.0 Å². The molecule has 0 atom stereocenters. The number of non-ortho nitro benzene ring substituents is 3. The maximum atomic E-state index is 11.8. The highest BCUT2D eigenvalue weighted by atomic mass is 16.7. The molecule has 4 aromatic carbocycles. The van der Waals surface area contributed by atoms with Gasteiger partial charge in [-0.3, -0.25) is 91.0 Å². The first-order chi connectivity index (χ1) is 26.7. The van der Waals surface area contributed by atoms with Crippen LogP contribution in [0.5, 0.6) is 0 Å². The molecule has 0 amide bonds. The van der Waals surface area contributed by atoms with E-state index in [-0.39, 0.29) is 16.7 Å². The van der Waals surface area contributed by atoms with Gasteiger partial charge in [-0.15, -0.1) is 0 Å². The highest BCUT2D eigenvalue weighted by molar-refractivity contribution is 5.86. The maximum Gasteiger partial charge on any atom is 0.290 e. The largest absolute Gasteiger partial charge is 0.290 e. The van der Waals surface area contributed by atoms with Crippen molar-refractivity contribution in [2.75, 3.05) is 0 Å². The standard InChI is InChI=1S/C30H15N9O18/c40-31(41)19-10-25(34(46)47)22(26(11-19)35(48)49)4-1-16-7-17(2-5-23-27(36(50)51)12-20(32(42)43)13-28(23)37(52)53)9-18(8-16)3-6-24-29(38(54)55)14-21(33(44)45)15-30(24)39(56)57/h1-15H. The van der Waals surface area contributed by atoms with Gasteiger partial charge in [0, 0.05) is 0 Å². The Labute approximate surface area is 311 Å². The molecular weight excluding hydrogens is 774 g/mol. The normalized spacial score (nSPS) is 11.2. The van der Waals surface area contributed by atoms with Crippen molar-refractivity contribution in [3.63, 3.8) is 0 Å². The van der Waals surface area contributed by atoms with Gasteiger partial charge >= 0.3 is 0 Å². The third-order valence-electron chi connectivity index (χ3n) is 7.50. The van der Waals surface area contributed by atoms with Crippen molar-refractivity contribution in [2.24, 2.45) is 0 Å². The fourth-order valence-electron chi connectivity index (χ4n) is 5.09. The van der Waals surface area contributed by atoms with Crippen molar-refractivity contribution in [3.05, 3.63) is 179 Å². The molecule has 0 saturated heterocycles. The van der Waals surface area contributed by atoms with Crippen molar-refractivity contribution < 1.29 is 44.3 Å². The van der Waals surface area contributed by atoms with Gasteiger partial charge in [0.1, 0.15) is 16.7 Å². The molecule has 0 aliphatic heterocycles. The Morgan fingerprint density at radius 2 is 0.439 bits per heavy atom. The van der Waals surface area contributed by atoms with Gasteiger partial charge in [-0.2, -0.15) is 0 Å². The molecule has 0 aliphatic carbocycles. The predicted octanol–water partition coefficient (Wildman–Crippen LogP) is 7.37. The number of benzene rings is 4. The van der Waals surface area contributed by atoms with Crippen LogP contribution in [0, 0.1) is 91.0 Å². The molecule has 0 aromatic heterocycles. The molecular formula is C30H15N9O18. The Morgan fingerprint density at radius 3 is 0.579 bits per heavy atom. The minimum absolute atomic E-state index is 0.0702. The molecule has 0 aliphatic rings. The van der Waals surface area contributed by atoms with Crippen LogP contribution in [-0.4, -0.2) is 44.3 Å². The van der Waals surface area contributed by atoms with E-state index < -0.39 is 112 Å². The zero-order valence-electron chi connectivity index (χ0n) is 27.5. The van der Waals surface area contributed by atoms with E-state index in [4.69, 9.17) is 0 Å². The summed E-state index contributed by atoms with van der Waals surface area (Å²) >= 11 is 0. The van der Waals surface area contributed by atoms with Crippen LogP contribution in [-0.2, 0) is 0 Å². The van der Waals surface area contributed by atoms with Gasteiger partial charge in [0.25, 0.3) is 51.2 Å². The summed E-state index contributed by atoms with van der Waals surface area (Å²) in [5.41, 5.74) is -11.8. The third kappa shape index (κ3) is 9.02. The topological polar surface area (TPSA) is 388 Å². The minimum Gasteiger partial charge on any atom is -0.258 e. The summed E-state index contributed by atoms with van der Waals surface area (Å²) in [4.78, 5) is 94.5. The van der Waals surface area contributed by atoms with Crippen LogP contribution in [0.25, 0.3) is 36.5 Å². The number of nitrogens with zero attached hydrogens (tertiary/aromatic N) is 9. The summed E-state index contributed by atoms with van der Waals surface area (Å²) in [5.74, 6) is 0. The zero-order valence-corrected chi connectivity index (χ0v) is 27.5. The highest BCUT2D eigenvalue weighted by Gasteiger charge is 2.31. The van der Waals surface area contributed by atoms with Crippen LogP contribution in [0.15, 0.2) is 54.6 Å². The maximum absolute atomic E-state index is 11.8. The fourth-order valence-corrected chi connectivity index (χ4v) is 5.09. The molecule has 0 unspecified atom stereocenters. The molecule has 27 heteroatoms. The lowest BCUT2D eigenvalue weighted by Gasteiger charge is -2.05. The average Bonchev–Trinajstić information content (AvgIpc) is 3.13. The second kappa shape index (κ2) is 16.2. The van der Waals surface area contributed by atoms with Gasteiger partial charge in [0.15, 0.2) is 0 Å². The molecule has 4 aromatic rings. The van der Waals surface area contributed by atoms with E-state index in [1.165, 1.54) is 18.2 Å². The van der Waals surface area contributed by atoms with E-state index in [0.29, 0.717) is 36.4 Å². The van der Waals surface area contributed by atoms with Crippen LogP contribution in [0.4, 0.5) is 51.2 Å². The number of nitro groups is 9. The Bertz CT molecular complexity index is 2200. The van der Waals surface area contributed by atoms with Gasteiger partial charge in [-0.1, -0.05) is 18.2 Å². The summed E-state index contributed by atoms with van der Waals surface area (Å²) in [5, 5.41) is 105. The Balaban J connectivity index is 2.01. The quantitative estimate of drug-likeness (QED) is 0.0643. The van der Waals surface area contributed by atoms with Crippen molar-refractivity contribution in [3.8, 4) is 0 Å². The van der Waals surface area contributed by atoms with Crippen molar-refractivity contribution in [1.82, 2.24) is 0 Å². The van der Waals surface area contributed by atoms with Crippen LogP contribution in [0.1, 0.15) is 33.4 Å². The summed E-state index contributed by atoms with van der Waals surface area (Å²) < 4.78 is 0. The number of nitro benzene ring substituents is 9. The van der Waals surface area contributed by atoms with Crippen molar-refractivity contribution in [2.45, 2.75) is 0 Å². The minimum atomic E-state index is -1.14. The van der Waals surface area contributed by atoms with E-state index in [2.05, 4.69) is 0 Å². The Hall–Kier alpha value is -9.30. The number of hydrogen-bond donors (Lipinski definition) is 0. The van der Waals surface area contributed by atoms with Crippen LogP contribution in [0.2, 0.25) is 0 Å². The Morgan fingerprint density at radius 1 is 0.263 bits per heavy atom. The molecule has 4 rings (SSSR count). The monoisotopic (exact) mass is 789 g/mol. The molecule has 0 N–H and O–H groups in total. The summed E-state index contributed by atoms with van der Waals surface area (Å²) in [6.07, 6.45) is 5.45. The summed E-state index contributed by atoms with van der Waals surface area (Å²) in [7, 11) is 0. The number of rotatable bonds is 15. The molecule has 0 bridgehead atoms. The number of hydrogen-bond acceptors (Lipinski definition) is 18. The zero-order chi connectivity index (χ0) is 42.5. The first kappa shape index (κ1) is 40.5. The summed E-state index contributed by atoms with van der Waals surface area (Å²) in [6.45, 7) is 0. The first-order valence-corrected chi connectivity index (χ1v) is 14.7. The van der Waals surface area contributed by atoms with Crippen LogP contribution >= 0.6 is 0 Å². The SMILES string of the molecule is O=[N+]([O-])c1cc([N+](=O)[O-])c(C=Cc2cc(C=Cc3c([N+](=O)[O-])cc([N+](=O)[O-])cc3[N+](=O)[O-])cc(C=Cc3c([N+](=O)[O-])cc([N+](=O)[O-])cc3[N+](=O)[O-])c2)c([N+](=O)[O-])c1. The second-order valence-corrected chi connectivity index (χ2v) is 10.9. The molecule has 0 spiro atoms. The van der Waals surface area contributed by atoms with Crippen LogP contribution < -0.4 is 0 Å². The molecule has 0 radical (unpaired) electrons. The molecule has 0 saturated carbocycles. The van der Waals surface area contributed by atoms with E-state index in [0.717, 1.165) is 36.5 Å². The van der Waals surface area contributed by atoms with Crippen molar-refractivity contribution >= 4 is 87.6 Å². The van der Waals surface area contributed by atoms with E-state index in [1.54, 1.807) is 0 Å². The van der Waals surface area contributed by atoms with Gasteiger partial charge < -0.3 is 0 Å². The molecule has 0 fully saturated rings. The second-order valence-electron chi connectivity index (χ2n) is 10.9. The van der Waals surface area contributed by atoms with E-state index in [1.807, 2.05) is 0 Å². The molecule has 0 heterocycles. The first-order valence-electron chi connectivity index (χ1n) is 14.7. The molecule has 288 valence electrons. The van der Waals surface area contributed by atoms with Gasteiger partial charge in [0.05, 0.1) is 80.7 Å². The van der Waals surface area contributed by atoms with Crippen molar-refractivity contribution in [1.29, 1.82) is 0 Å². The molecule has 57 heavy (non-hydrogen) atoms. The lowest BCUT2D eigenvalue weighted by atomic mass is 10.0. The highest BCUT2D eigenvalue weighted by Crippen LogP contribution is 2.38. The predicted molar refractivity (Wildman–Crippen MR) is 192 cm³/mol. The van der Waals surface area contributed by atoms with E-state index >= 15 is 0 Å². The Kier molecular flexibility index (Phi) is 11.5. The average molecular weight is 789 g/mol. The molecule has 27 nitrogen and oxygen atoms in total. The third-order valence-corrected chi connectivity index (χ3v) is 7.50. The smallest absolute Gasteiger partial charge is 0.258 e. The lowest BCUT2D eigenvalue weighted by molar-refractivity contribution is -0.403. The summed E-state index contributed by atoms with van der Waals surface area (Å²) in [6, 6.07) is 6.28. The van der Waals surface area contributed by atoms with Gasteiger partial charge in [-0.25, -0.2) is 0 Å². The van der Waals surface area contributed by atoms with Gasteiger partial charge in [-0.05, 0) is 53.1 Å².